The van der Waals surface area contributed by atoms with Crippen LogP contribution in [0.4, 0.5) is 15.3 Å². The van der Waals surface area contributed by atoms with E-state index in [9.17, 15) is 14.4 Å². The van der Waals surface area contributed by atoms with Gasteiger partial charge in [-0.1, -0.05) is 37.1 Å². The van der Waals surface area contributed by atoms with Crippen molar-refractivity contribution in [2.24, 2.45) is 5.92 Å². The van der Waals surface area contributed by atoms with Crippen LogP contribution in [0.2, 0.25) is 5.02 Å². The number of nitrogens with zero attached hydrogens (tertiary/aromatic N) is 4. The number of ether oxygens (including phenoxy) is 1. The van der Waals surface area contributed by atoms with Gasteiger partial charge in [0.05, 0.1) is 23.2 Å². The highest BCUT2D eigenvalue weighted by molar-refractivity contribution is 6.33. The number of carbonyl (C=O) groups excluding carboxylic acids is 3. The minimum absolute atomic E-state index is 0.0276. The first-order valence-electron chi connectivity index (χ1n) is 13.7. The Balaban J connectivity index is 1.21. The number of piperidine rings is 2. The number of anilines is 1. The second kappa shape index (κ2) is 13.3. The summed E-state index contributed by atoms with van der Waals surface area (Å²) in [6, 6.07) is 7.84. The van der Waals surface area contributed by atoms with Crippen molar-refractivity contribution in [3.05, 3.63) is 29.3 Å². The lowest BCUT2D eigenvalue weighted by Gasteiger charge is -2.43. The molecule has 0 bridgehead atoms. The normalized spacial score (nSPS) is 21.6. The molecule has 1 unspecified atom stereocenters. The molecule has 0 radical (unpaired) electrons. The second-order valence-electron chi connectivity index (χ2n) is 10.2. The highest BCUT2D eigenvalue weighted by Gasteiger charge is 2.35. The summed E-state index contributed by atoms with van der Waals surface area (Å²) in [6.45, 7) is 8.32. The Labute approximate surface area is 225 Å². The van der Waals surface area contributed by atoms with Crippen LogP contribution in [0, 0.1) is 5.92 Å². The number of imide groups is 1. The summed E-state index contributed by atoms with van der Waals surface area (Å²) in [5.41, 5.74) is 1.04. The van der Waals surface area contributed by atoms with E-state index < -0.39 is 6.09 Å². The number of unbranched alkanes of at least 4 members (excludes halogenated alkanes) is 1. The van der Waals surface area contributed by atoms with Gasteiger partial charge in [-0.25, -0.2) is 14.9 Å². The summed E-state index contributed by atoms with van der Waals surface area (Å²) < 4.78 is 5.03. The third-order valence-electron chi connectivity index (χ3n) is 7.79. The number of rotatable bonds is 6. The van der Waals surface area contributed by atoms with Gasteiger partial charge in [0.25, 0.3) is 0 Å². The van der Waals surface area contributed by atoms with Gasteiger partial charge in [-0.05, 0) is 50.8 Å². The second-order valence-corrected chi connectivity index (χ2v) is 10.6. The number of amides is 4. The van der Waals surface area contributed by atoms with Crippen LogP contribution in [0.1, 0.15) is 45.4 Å². The Hall–Kier alpha value is -2.52. The van der Waals surface area contributed by atoms with Crippen molar-refractivity contribution in [1.82, 2.24) is 20.0 Å². The Morgan fingerprint density at radius 2 is 1.70 bits per heavy atom. The van der Waals surface area contributed by atoms with Crippen molar-refractivity contribution in [2.45, 2.75) is 51.5 Å². The molecule has 3 aliphatic heterocycles. The molecule has 3 fully saturated rings. The highest BCUT2D eigenvalue weighted by atomic mass is 35.5. The Bertz CT molecular complexity index is 931. The van der Waals surface area contributed by atoms with Gasteiger partial charge in [0.15, 0.2) is 0 Å². The number of hydrogen-bond donors (Lipinski definition) is 1. The van der Waals surface area contributed by atoms with Crippen LogP contribution in [-0.2, 0) is 9.53 Å². The Kier molecular flexibility index (Phi) is 9.91. The summed E-state index contributed by atoms with van der Waals surface area (Å²) in [6.07, 6.45) is 4.67. The maximum Gasteiger partial charge on any atom is 0.415 e. The van der Waals surface area contributed by atoms with E-state index in [0.29, 0.717) is 25.7 Å². The molecule has 3 saturated heterocycles. The molecule has 204 valence electrons. The van der Waals surface area contributed by atoms with Gasteiger partial charge in [0.1, 0.15) is 0 Å². The summed E-state index contributed by atoms with van der Waals surface area (Å²) in [5.74, 6) is 0.293. The zero-order chi connectivity index (χ0) is 26.2. The number of urea groups is 1. The molecule has 4 amide bonds. The van der Waals surface area contributed by atoms with Gasteiger partial charge in [-0.15, -0.1) is 0 Å². The zero-order valence-electron chi connectivity index (χ0n) is 21.9. The third-order valence-corrected chi connectivity index (χ3v) is 8.11. The molecule has 1 aromatic carbocycles. The van der Waals surface area contributed by atoms with Gasteiger partial charge in [-0.3, -0.25) is 9.69 Å². The number of benzene rings is 1. The molecule has 9 nitrogen and oxygen atoms in total. The smallest absolute Gasteiger partial charge is 0.415 e. The number of hydrogen-bond acceptors (Lipinski definition) is 6. The average molecular weight is 534 g/mol. The van der Waals surface area contributed by atoms with Gasteiger partial charge < -0.3 is 19.4 Å². The molecule has 1 N–H and O–H groups in total. The maximum atomic E-state index is 13.4. The fourth-order valence-corrected chi connectivity index (χ4v) is 5.87. The molecule has 0 saturated carbocycles. The van der Waals surface area contributed by atoms with E-state index in [2.05, 4.69) is 15.1 Å². The van der Waals surface area contributed by atoms with Crippen LogP contribution < -0.4 is 10.2 Å². The molecular weight excluding hydrogens is 494 g/mol. The lowest BCUT2D eigenvalue weighted by molar-refractivity contribution is -0.138. The molecule has 3 aliphatic rings. The van der Waals surface area contributed by atoms with Crippen molar-refractivity contribution in [1.29, 1.82) is 0 Å². The van der Waals surface area contributed by atoms with Crippen LogP contribution in [0.15, 0.2) is 24.3 Å². The Morgan fingerprint density at radius 1 is 0.973 bits per heavy atom. The van der Waals surface area contributed by atoms with Crippen LogP contribution >= 0.6 is 11.6 Å². The fraction of sp³-hybridized carbons (Fsp3) is 0.667. The minimum Gasteiger partial charge on any atom is -0.449 e. The minimum atomic E-state index is -0.675. The number of piperazine rings is 1. The van der Waals surface area contributed by atoms with E-state index in [1.807, 2.05) is 36.1 Å². The molecule has 3 heterocycles. The van der Waals surface area contributed by atoms with E-state index >= 15 is 0 Å². The first-order valence-corrected chi connectivity index (χ1v) is 14.1. The highest BCUT2D eigenvalue weighted by Crippen LogP contribution is 2.28. The number of halogens is 1. The lowest BCUT2D eigenvalue weighted by Crippen LogP contribution is -2.55. The molecule has 37 heavy (non-hydrogen) atoms. The first kappa shape index (κ1) is 27.5. The van der Waals surface area contributed by atoms with Crippen molar-refractivity contribution in [3.63, 3.8) is 0 Å². The predicted octanol–water partition coefficient (Wildman–Crippen LogP) is 3.81. The van der Waals surface area contributed by atoms with Crippen LogP contribution in [0.5, 0.6) is 0 Å². The van der Waals surface area contributed by atoms with Gasteiger partial charge >= 0.3 is 12.1 Å². The van der Waals surface area contributed by atoms with Gasteiger partial charge in [-0.2, -0.15) is 0 Å². The van der Waals surface area contributed by atoms with Crippen molar-refractivity contribution < 1.29 is 19.1 Å². The zero-order valence-corrected chi connectivity index (χ0v) is 22.6. The molecule has 4 rings (SSSR count). The predicted molar refractivity (Wildman–Crippen MR) is 144 cm³/mol. The van der Waals surface area contributed by atoms with E-state index in [0.717, 1.165) is 88.5 Å². The van der Waals surface area contributed by atoms with Crippen LogP contribution in [-0.4, -0.2) is 97.7 Å². The average Bonchev–Trinajstić information content (AvgIpc) is 2.93. The van der Waals surface area contributed by atoms with Gasteiger partial charge in [0, 0.05) is 51.9 Å². The number of alkyl carbamates (subject to hydrolysis) is 1. The number of para-hydroxylation sites is 1. The first-order chi connectivity index (χ1) is 18.0. The van der Waals surface area contributed by atoms with Gasteiger partial charge in [0.2, 0.25) is 5.91 Å². The number of nitrogens with one attached hydrogen (secondary N) is 1. The fourth-order valence-electron chi connectivity index (χ4n) is 5.62. The third kappa shape index (κ3) is 7.29. The Morgan fingerprint density at radius 3 is 2.41 bits per heavy atom. The molecule has 1 atom stereocenters. The van der Waals surface area contributed by atoms with Crippen LogP contribution in [0.25, 0.3) is 0 Å². The number of likely N-dealkylation sites (tertiary alicyclic amines) is 2. The van der Waals surface area contributed by atoms with Crippen molar-refractivity contribution >= 4 is 35.3 Å². The standard InChI is InChI=1S/C27H40ClN5O4/c1-2-3-19-37-27(36)29-26(35)32-13-10-22(11-14-32)33-12-6-7-21(20-33)25(34)31-17-15-30(16-18-31)24-9-5-4-8-23(24)28/h4-5,8-9,21-22H,2-3,6-7,10-20H2,1H3,(H,29,35,36). The van der Waals surface area contributed by atoms with Crippen LogP contribution in [0.3, 0.4) is 0 Å². The summed E-state index contributed by atoms with van der Waals surface area (Å²) in [4.78, 5) is 46.0. The quantitative estimate of drug-likeness (QED) is 0.560. The summed E-state index contributed by atoms with van der Waals surface area (Å²) in [7, 11) is 0. The molecular formula is C27H40ClN5O4. The molecule has 0 aliphatic carbocycles. The van der Waals surface area contributed by atoms with Crippen molar-refractivity contribution in [2.75, 3.05) is 63.9 Å². The number of carbonyl (C=O) groups is 3. The largest absolute Gasteiger partial charge is 0.449 e. The SMILES string of the molecule is CCCCOC(=O)NC(=O)N1CCC(N2CCCC(C(=O)N3CCN(c4ccccc4Cl)CC3)C2)CC1. The lowest BCUT2D eigenvalue weighted by atomic mass is 9.92. The van der Waals surface area contributed by atoms with E-state index in [1.54, 1.807) is 4.90 Å². The van der Waals surface area contributed by atoms with E-state index in [1.165, 1.54) is 0 Å². The van der Waals surface area contributed by atoms with E-state index in [-0.39, 0.29) is 17.9 Å². The monoisotopic (exact) mass is 533 g/mol. The molecule has 10 heteroatoms. The maximum absolute atomic E-state index is 13.4. The van der Waals surface area contributed by atoms with Crippen molar-refractivity contribution in [3.8, 4) is 0 Å². The molecule has 0 spiro atoms. The van der Waals surface area contributed by atoms with E-state index in [4.69, 9.17) is 16.3 Å². The summed E-state index contributed by atoms with van der Waals surface area (Å²) >= 11 is 6.37. The summed E-state index contributed by atoms with van der Waals surface area (Å²) in [5, 5.41) is 3.08. The molecule has 0 aromatic heterocycles. The molecule has 1 aromatic rings. The topological polar surface area (TPSA) is 85.4 Å².